The Morgan fingerprint density at radius 2 is 1.85 bits per heavy atom. The van der Waals surface area contributed by atoms with Crippen molar-refractivity contribution in [1.82, 2.24) is 10.2 Å². The summed E-state index contributed by atoms with van der Waals surface area (Å²) in [4.78, 5) is 2.52. The van der Waals surface area contributed by atoms with E-state index in [4.69, 9.17) is 5.11 Å². The van der Waals surface area contributed by atoms with Crippen LogP contribution in [0.15, 0.2) is 0 Å². The predicted molar refractivity (Wildman–Crippen MR) is 52.7 cm³/mol. The van der Waals surface area contributed by atoms with E-state index >= 15 is 0 Å². The summed E-state index contributed by atoms with van der Waals surface area (Å²) in [7, 11) is 0. The topological polar surface area (TPSA) is 35.5 Å². The maximum absolute atomic E-state index is 9.00. The van der Waals surface area contributed by atoms with E-state index in [0.717, 1.165) is 25.7 Å². The molecule has 0 amide bonds. The van der Waals surface area contributed by atoms with Gasteiger partial charge in [0, 0.05) is 31.7 Å². The molecule has 0 unspecified atom stereocenters. The molecule has 1 aliphatic carbocycles. The number of hydrogen-bond acceptors (Lipinski definition) is 3. The van der Waals surface area contributed by atoms with Crippen LogP contribution in [0.3, 0.4) is 0 Å². The summed E-state index contributed by atoms with van der Waals surface area (Å²) in [6.45, 7) is 3.43. The molecule has 0 aromatic rings. The number of rotatable bonds is 4. The average molecular weight is 184 g/mol. The summed E-state index contributed by atoms with van der Waals surface area (Å²) in [6.07, 6.45) is 5.45. The van der Waals surface area contributed by atoms with Crippen LogP contribution in [0.5, 0.6) is 0 Å². The van der Waals surface area contributed by atoms with Crippen LogP contribution in [0.4, 0.5) is 0 Å². The van der Waals surface area contributed by atoms with Gasteiger partial charge < -0.3 is 10.4 Å². The molecule has 1 saturated carbocycles. The molecule has 2 fully saturated rings. The molecule has 2 rings (SSSR count). The van der Waals surface area contributed by atoms with Gasteiger partial charge in [-0.25, -0.2) is 0 Å². The lowest BCUT2D eigenvalue weighted by atomic mass is 10.1. The van der Waals surface area contributed by atoms with Crippen LogP contribution in [-0.2, 0) is 0 Å². The summed E-state index contributed by atoms with van der Waals surface area (Å²) >= 11 is 0. The molecule has 76 valence electrons. The van der Waals surface area contributed by atoms with Gasteiger partial charge in [0.15, 0.2) is 0 Å². The zero-order valence-corrected chi connectivity index (χ0v) is 8.21. The van der Waals surface area contributed by atoms with Gasteiger partial charge in [-0.15, -0.1) is 0 Å². The first-order valence-corrected chi connectivity index (χ1v) is 5.49. The zero-order chi connectivity index (χ0) is 9.10. The molecule has 13 heavy (non-hydrogen) atoms. The first-order valence-electron chi connectivity index (χ1n) is 5.49. The van der Waals surface area contributed by atoms with Gasteiger partial charge in [0.25, 0.3) is 0 Å². The van der Waals surface area contributed by atoms with Crippen molar-refractivity contribution in [2.24, 2.45) is 0 Å². The van der Waals surface area contributed by atoms with E-state index in [0.29, 0.717) is 12.6 Å². The van der Waals surface area contributed by atoms with Gasteiger partial charge in [-0.2, -0.15) is 0 Å². The molecular weight excluding hydrogens is 164 g/mol. The van der Waals surface area contributed by atoms with Gasteiger partial charge in [-0.3, -0.25) is 4.90 Å². The van der Waals surface area contributed by atoms with Gasteiger partial charge in [-0.05, 0) is 12.8 Å². The van der Waals surface area contributed by atoms with E-state index in [1.54, 1.807) is 0 Å². The predicted octanol–water partition coefficient (Wildman–Crippen LogP) is 0.195. The fourth-order valence-electron chi connectivity index (χ4n) is 2.52. The quantitative estimate of drug-likeness (QED) is 0.655. The van der Waals surface area contributed by atoms with E-state index in [-0.39, 0.29) is 0 Å². The number of nitrogens with zero attached hydrogens (tertiary/aromatic N) is 1. The van der Waals surface area contributed by atoms with Crippen LogP contribution in [0.25, 0.3) is 0 Å². The molecule has 1 saturated heterocycles. The minimum Gasteiger partial charge on any atom is -0.395 e. The minimum absolute atomic E-state index is 0.313. The molecule has 1 heterocycles. The van der Waals surface area contributed by atoms with Crippen LogP contribution < -0.4 is 5.32 Å². The van der Waals surface area contributed by atoms with Gasteiger partial charge in [0.05, 0.1) is 6.61 Å². The number of nitrogens with one attached hydrogen (secondary N) is 1. The average Bonchev–Trinajstić information content (AvgIpc) is 2.51. The maximum atomic E-state index is 9.00. The lowest BCUT2D eigenvalue weighted by Crippen LogP contribution is -2.60. The molecule has 2 N–H and O–H groups in total. The molecule has 0 atom stereocenters. The highest BCUT2D eigenvalue weighted by atomic mass is 16.3. The van der Waals surface area contributed by atoms with Crippen molar-refractivity contribution in [3.05, 3.63) is 0 Å². The minimum atomic E-state index is 0.313. The second-order valence-electron chi connectivity index (χ2n) is 4.21. The second kappa shape index (κ2) is 4.40. The summed E-state index contributed by atoms with van der Waals surface area (Å²) < 4.78 is 0. The Morgan fingerprint density at radius 3 is 2.31 bits per heavy atom. The van der Waals surface area contributed by atoms with Crippen molar-refractivity contribution in [3.63, 3.8) is 0 Å². The summed E-state index contributed by atoms with van der Waals surface area (Å²) in [6, 6.07) is 1.47. The smallest absolute Gasteiger partial charge is 0.0558 e. The highest BCUT2D eigenvalue weighted by molar-refractivity contribution is 4.90. The Kier molecular flexibility index (Phi) is 3.19. The molecule has 0 aromatic heterocycles. The van der Waals surface area contributed by atoms with Gasteiger partial charge in [0.2, 0.25) is 0 Å². The third kappa shape index (κ3) is 2.03. The SMILES string of the molecule is OCCN(C1CCCC1)C1CNC1. The summed E-state index contributed by atoms with van der Waals surface area (Å²) in [5, 5.41) is 12.3. The number of aliphatic hydroxyl groups is 1. The van der Waals surface area contributed by atoms with Gasteiger partial charge >= 0.3 is 0 Å². The van der Waals surface area contributed by atoms with E-state index in [9.17, 15) is 0 Å². The molecule has 0 bridgehead atoms. The monoisotopic (exact) mass is 184 g/mol. The summed E-state index contributed by atoms with van der Waals surface area (Å²) in [5.74, 6) is 0. The highest BCUT2D eigenvalue weighted by Gasteiger charge is 2.31. The van der Waals surface area contributed by atoms with Crippen molar-refractivity contribution in [2.45, 2.75) is 37.8 Å². The Morgan fingerprint density at radius 1 is 1.15 bits per heavy atom. The fourth-order valence-corrected chi connectivity index (χ4v) is 2.52. The van der Waals surface area contributed by atoms with E-state index in [2.05, 4.69) is 10.2 Å². The molecule has 2 aliphatic rings. The third-order valence-electron chi connectivity index (χ3n) is 3.38. The molecule has 1 aliphatic heterocycles. The number of aliphatic hydroxyl groups excluding tert-OH is 1. The Bertz CT molecular complexity index is 153. The van der Waals surface area contributed by atoms with Crippen LogP contribution in [0, 0.1) is 0 Å². The molecule has 0 spiro atoms. The molecule has 0 aromatic carbocycles. The number of hydrogen-bond donors (Lipinski definition) is 2. The zero-order valence-electron chi connectivity index (χ0n) is 8.21. The Labute approximate surface area is 80.1 Å². The van der Waals surface area contributed by atoms with Gasteiger partial charge in [-0.1, -0.05) is 12.8 Å². The van der Waals surface area contributed by atoms with Gasteiger partial charge in [0.1, 0.15) is 0 Å². The van der Waals surface area contributed by atoms with E-state index in [1.807, 2.05) is 0 Å². The molecule has 0 radical (unpaired) electrons. The van der Waals surface area contributed by atoms with Crippen molar-refractivity contribution >= 4 is 0 Å². The second-order valence-corrected chi connectivity index (χ2v) is 4.21. The van der Waals surface area contributed by atoms with Crippen molar-refractivity contribution < 1.29 is 5.11 Å². The first-order chi connectivity index (χ1) is 6.42. The standard InChI is InChI=1S/C10H20N2O/c13-6-5-12(10-7-11-8-10)9-3-1-2-4-9/h9-11,13H,1-8H2. The summed E-state index contributed by atoms with van der Waals surface area (Å²) in [5.41, 5.74) is 0. The Balaban J connectivity index is 1.86. The first kappa shape index (κ1) is 9.44. The van der Waals surface area contributed by atoms with E-state index in [1.165, 1.54) is 25.7 Å². The van der Waals surface area contributed by atoms with Crippen molar-refractivity contribution in [1.29, 1.82) is 0 Å². The maximum Gasteiger partial charge on any atom is 0.0558 e. The van der Waals surface area contributed by atoms with Crippen LogP contribution >= 0.6 is 0 Å². The van der Waals surface area contributed by atoms with Crippen molar-refractivity contribution in [3.8, 4) is 0 Å². The third-order valence-corrected chi connectivity index (χ3v) is 3.38. The normalized spacial score (nSPS) is 25.4. The highest BCUT2D eigenvalue weighted by Crippen LogP contribution is 2.25. The fraction of sp³-hybridized carbons (Fsp3) is 1.00. The lowest BCUT2D eigenvalue weighted by molar-refractivity contribution is 0.0752. The lowest BCUT2D eigenvalue weighted by Gasteiger charge is -2.41. The molecular formula is C10H20N2O. The van der Waals surface area contributed by atoms with Crippen molar-refractivity contribution in [2.75, 3.05) is 26.2 Å². The largest absolute Gasteiger partial charge is 0.395 e. The van der Waals surface area contributed by atoms with Crippen LogP contribution in [0.1, 0.15) is 25.7 Å². The molecule has 3 nitrogen and oxygen atoms in total. The van der Waals surface area contributed by atoms with Crippen LogP contribution in [0.2, 0.25) is 0 Å². The van der Waals surface area contributed by atoms with Crippen LogP contribution in [-0.4, -0.2) is 48.3 Å². The molecule has 3 heteroatoms. The Hall–Kier alpha value is -0.120. The van der Waals surface area contributed by atoms with E-state index < -0.39 is 0 Å².